The summed E-state index contributed by atoms with van der Waals surface area (Å²) in [5.41, 5.74) is 16.9. The molecule has 0 spiro atoms. The molecule has 53 heavy (non-hydrogen) atoms. The van der Waals surface area contributed by atoms with Gasteiger partial charge in [0, 0.05) is 28.0 Å². The van der Waals surface area contributed by atoms with Gasteiger partial charge in [0.05, 0.1) is 0 Å². The predicted molar refractivity (Wildman–Crippen MR) is 226 cm³/mol. The summed E-state index contributed by atoms with van der Waals surface area (Å²) in [4.78, 5) is 2.36. The summed E-state index contributed by atoms with van der Waals surface area (Å²) >= 11 is 0. The maximum atomic E-state index is 6.13. The zero-order chi connectivity index (χ0) is 36.5. The summed E-state index contributed by atoms with van der Waals surface area (Å²) in [6.45, 7) is 13.0. The van der Waals surface area contributed by atoms with Crippen LogP contribution in [0, 0.1) is 0 Å². The van der Waals surface area contributed by atoms with E-state index in [9.17, 15) is 0 Å². The van der Waals surface area contributed by atoms with Crippen molar-refractivity contribution >= 4 is 34.0 Å². The lowest BCUT2D eigenvalue weighted by atomic mass is 9.86. The Morgan fingerprint density at radius 1 is 0.679 bits per heavy atom. The Kier molecular flexibility index (Phi) is 9.06. The van der Waals surface area contributed by atoms with Crippen LogP contribution in [-0.4, -0.2) is 0 Å². The van der Waals surface area contributed by atoms with Gasteiger partial charge in [0.25, 0.3) is 0 Å². The minimum atomic E-state index is 0.131. The summed E-state index contributed by atoms with van der Waals surface area (Å²) in [6, 6.07) is 52.6. The molecule has 2 heteroatoms. The van der Waals surface area contributed by atoms with Crippen LogP contribution >= 0.6 is 0 Å². The van der Waals surface area contributed by atoms with Gasteiger partial charge in [-0.15, -0.1) is 0 Å². The lowest BCUT2D eigenvalue weighted by Gasteiger charge is -2.26. The molecule has 260 valence electrons. The number of anilines is 2. The average molecular weight is 688 g/mol. The predicted octanol–water partition coefficient (Wildman–Crippen LogP) is 14.4. The van der Waals surface area contributed by atoms with Crippen molar-refractivity contribution in [1.82, 2.24) is 0 Å². The Bertz CT molecular complexity index is 2470. The van der Waals surface area contributed by atoms with Crippen LogP contribution in [0.1, 0.15) is 56.6 Å². The van der Waals surface area contributed by atoms with Gasteiger partial charge in [-0.2, -0.15) is 0 Å². The first-order valence-corrected chi connectivity index (χ1v) is 18.6. The zero-order valence-electron chi connectivity index (χ0n) is 31.1. The molecule has 6 aromatic carbocycles. The molecule has 0 atom stereocenters. The summed E-state index contributed by atoms with van der Waals surface area (Å²) in [7, 11) is 0. The number of hydrogen-bond acceptors (Lipinski definition) is 2. The third-order valence-corrected chi connectivity index (χ3v) is 10.8. The van der Waals surface area contributed by atoms with Gasteiger partial charge >= 0.3 is 0 Å². The van der Waals surface area contributed by atoms with E-state index in [-0.39, 0.29) is 5.41 Å². The second-order valence-corrected chi connectivity index (χ2v) is 14.7. The van der Waals surface area contributed by atoms with Crippen molar-refractivity contribution in [2.75, 3.05) is 4.90 Å². The molecule has 7 aromatic rings. The van der Waals surface area contributed by atoms with Crippen molar-refractivity contribution in [2.24, 2.45) is 0 Å². The molecule has 0 saturated heterocycles. The van der Waals surface area contributed by atoms with E-state index < -0.39 is 0 Å². The van der Waals surface area contributed by atoms with Crippen LogP contribution in [0.2, 0.25) is 0 Å². The van der Waals surface area contributed by atoms with Gasteiger partial charge in [-0.05, 0) is 118 Å². The van der Waals surface area contributed by atoms with E-state index >= 15 is 0 Å². The van der Waals surface area contributed by atoms with Crippen molar-refractivity contribution in [3.63, 3.8) is 0 Å². The zero-order valence-corrected chi connectivity index (χ0v) is 31.1. The van der Waals surface area contributed by atoms with Crippen LogP contribution in [0.5, 0.6) is 0 Å². The lowest BCUT2D eigenvalue weighted by molar-refractivity contribution is 0.563. The first-order valence-electron chi connectivity index (χ1n) is 18.6. The van der Waals surface area contributed by atoms with Gasteiger partial charge in [0.2, 0.25) is 0 Å². The number of aryl methyl sites for hydroxylation is 1. The van der Waals surface area contributed by atoms with Crippen LogP contribution in [-0.2, 0) is 11.8 Å². The number of benzene rings is 6. The maximum absolute atomic E-state index is 6.13. The molecule has 0 amide bonds. The van der Waals surface area contributed by atoms with E-state index in [1.165, 1.54) is 49.9 Å². The van der Waals surface area contributed by atoms with E-state index in [0.29, 0.717) is 0 Å². The van der Waals surface area contributed by atoms with Crippen molar-refractivity contribution in [1.29, 1.82) is 0 Å². The molecule has 0 N–H and O–H groups in total. The normalized spacial score (nSPS) is 14.4. The monoisotopic (exact) mass is 687 g/mol. The lowest BCUT2D eigenvalue weighted by Crippen LogP contribution is -2.14. The van der Waals surface area contributed by atoms with Crippen LogP contribution in [0.25, 0.3) is 56.0 Å². The van der Waals surface area contributed by atoms with Crippen molar-refractivity contribution in [3.8, 4) is 33.4 Å². The van der Waals surface area contributed by atoms with Gasteiger partial charge in [-0.3, -0.25) is 0 Å². The van der Waals surface area contributed by atoms with E-state index in [4.69, 9.17) is 4.42 Å². The standard InChI is InChI=1S/C51H45NO/c1-6-45-47-32-27-41(33-50(47)53-49(45)7-2)40-21-19-37(20-22-40)39-25-30-44(31-26-39)52(43-28-23-38(24-29-43)36-13-9-8-10-14-36)35(3)17-18-42-34-51(4,5)48-16-12-11-15-46(42)48/h7-33H,2,6,34H2,1,3-5H3/b35-17+,42-18+. The van der Waals surface area contributed by atoms with Crippen LogP contribution < -0.4 is 4.90 Å². The van der Waals surface area contributed by atoms with Gasteiger partial charge in [0.15, 0.2) is 0 Å². The third-order valence-electron chi connectivity index (χ3n) is 10.8. The highest BCUT2D eigenvalue weighted by Gasteiger charge is 2.32. The Labute approximate surface area is 314 Å². The Morgan fingerprint density at radius 2 is 1.21 bits per heavy atom. The molecule has 1 aliphatic rings. The highest BCUT2D eigenvalue weighted by Crippen LogP contribution is 2.45. The van der Waals surface area contributed by atoms with Crippen molar-refractivity contribution in [3.05, 3.63) is 192 Å². The fraction of sp³-hybridized carbons (Fsp3) is 0.137. The molecule has 0 bridgehead atoms. The molecule has 0 saturated carbocycles. The number of rotatable bonds is 9. The number of allylic oxidation sites excluding steroid dienone is 4. The summed E-state index contributed by atoms with van der Waals surface area (Å²) in [5.74, 6) is 0.868. The van der Waals surface area contributed by atoms with Crippen LogP contribution in [0.3, 0.4) is 0 Å². The molecule has 0 unspecified atom stereocenters. The molecule has 2 nitrogen and oxygen atoms in total. The first kappa shape index (κ1) is 34.0. The van der Waals surface area contributed by atoms with Gasteiger partial charge < -0.3 is 9.32 Å². The van der Waals surface area contributed by atoms with Crippen LogP contribution in [0.4, 0.5) is 11.4 Å². The largest absolute Gasteiger partial charge is 0.456 e. The summed E-state index contributed by atoms with van der Waals surface area (Å²) < 4.78 is 6.13. The Morgan fingerprint density at radius 3 is 1.81 bits per heavy atom. The summed E-state index contributed by atoms with van der Waals surface area (Å²) in [5, 5.41) is 1.17. The van der Waals surface area contributed by atoms with E-state index in [1.807, 2.05) is 6.08 Å². The Hall–Kier alpha value is -6.12. The van der Waals surface area contributed by atoms with E-state index in [2.05, 4.69) is 197 Å². The highest BCUT2D eigenvalue weighted by atomic mass is 16.3. The number of fused-ring (bicyclic) bond motifs is 2. The van der Waals surface area contributed by atoms with Gasteiger partial charge in [0.1, 0.15) is 11.3 Å². The number of nitrogens with zero attached hydrogens (tertiary/aromatic N) is 1. The molecule has 0 aliphatic heterocycles. The van der Waals surface area contributed by atoms with E-state index in [1.54, 1.807) is 0 Å². The Balaban J connectivity index is 1.10. The molecular formula is C51H45NO. The second kappa shape index (κ2) is 14.1. The molecule has 1 aliphatic carbocycles. The van der Waals surface area contributed by atoms with Crippen molar-refractivity contribution < 1.29 is 4.42 Å². The molecule has 1 heterocycles. The number of hydrogen-bond donors (Lipinski definition) is 0. The highest BCUT2D eigenvalue weighted by molar-refractivity contribution is 5.89. The quantitative estimate of drug-likeness (QED) is 0.150. The first-order chi connectivity index (χ1) is 25.8. The molecule has 0 radical (unpaired) electrons. The summed E-state index contributed by atoms with van der Waals surface area (Å²) in [6.07, 6.45) is 8.37. The minimum Gasteiger partial charge on any atom is -0.456 e. The maximum Gasteiger partial charge on any atom is 0.135 e. The third kappa shape index (κ3) is 6.58. The fourth-order valence-electron chi connectivity index (χ4n) is 7.99. The number of furan rings is 1. The SMILES string of the molecule is C=Cc1oc2cc(-c3ccc(-c4ccc(N(/C(C)=C/C=C5\CC(C)(C)c6ccccc65)c5ccc(-c6ccccc6)cc5)cc4)cc3)ccc2c1CC. The van der Waals surface area contributed by atoms with Gasteiger partial charge in [-0.1, -0.05) is 149 Å². The molecule has 8 rings (SSSR count). The topological polar surface area (TPSA) is 16.4 Å². The second-order valence-electron chi connectivity index (χ2n) is 14.7. The average Bonchev–Trinajstić information content (AvgIpc) is 3.70. The van der Waals surface area contributed by atoms with Gasteiger partial charge in [-0.25, -0.2) is 0 Å². The van der Waals surface area contributed by atoms with Crippen molar-refractivity contribution in [2.45, 2.75) is 46.0 Å². The van der Waals surface area contributed by atoms with E-state index in [0.717, 1.165) is 52.4 Å². The molecule has 0 fully saturated rings. The molecular weight excluding hydrogens is 643 g/mol. The fourth-order valence-corrected chi connectivity index (χ4v) is 7.99. The molecule has 1 aromatic heterocycles. The minimum absolute atomic E-state index is 0.131. The van der Waals surface area contributed by atoms with Crippen LogP contribution in [0.15, 0.2) is 174 Å². The smallest absolute Gasteiger partial charge is 0.135 e.